The van der Waals surface area contributed by atoms with E-state index < -0.39 is 0 Å². The summed E-state index contributed by atoms with van der Waals surface area (Å²) in [5.74, 6) is 2.79. The van der Waals surface area contributed by atoms with Crippen LogP contribution in [0.15, 0.2) is 17.1 Å². The Labute approximate surface area is 176 Å². The fraction of sp³-hybridized carbons (Fsp3) is 0.696. The third-order valence-corrected chi connectivity index (χ3v) is 5.60. The van der Waals surface area contributed by atoms with Crippen molar-refractivity contribution in [1.82, 2.24) is 15.5 Å². The van der Waals surface area contributed by atoms with Crippen molar-refractivity contribution in [3.05, 3.63) is 23.3 Å². The van der Waals surface area contributed by atoms with Gasteiger partial charge in [0.2, 0.25) is 0 Å². The average Bonchev–Trinajstić information content (AvgIpc) is 3.07. The number of fused-ring (bicyclic) bond motifs is 1. The van der Waals surface area contributed by atoms with Crippen LogP contribution in [-0.2, 0) is 13.0 Å². The molecular weight excluding hydrogens is 364 g/mol. The number of benzene rings is 1. The second kappa shape index (κ2) is 10.7. The van der Waals surface area contributed by atoms with Crippen molar-refractivity contribution >= 4 is 5.96 Å². The molecule has 0 spiro atoms. The van der Waals surface area contributed by atoms with Gasteiger partial charge in [0, 0.05) is 43.2 Å². The van der Waals surface area contributed by atoms with E-state index in [1.165, 1.54) is 44.5 Å². The summed E-state index contributed by atoms with van der Waals surface area (Å²) < 4.78 is 11.8. The van der Waals surface area contributed by atoms with Crippen molar-refractivity contribution in [1.29, 1.82) is 0 Å². The number of hydrogen-bond donors (Lipinski definition) is 2. The molecule has 0 aliphatic carbocycles. The Morgan fingerprint density at radius 1 is 1.24 bits per heavy atom. The Hall–Kier alpha value is -1.95. The first kappa shape index (κ1) is 21.8. The van der Waals surface area contributed by atoms with Gasteiger partial charge in [-0.15, -0.1) is 0 Å². The molecule has 0 radical (unpaired) electrons. The van der Waals surface area contributed by atoms with Crippen LogP contribution in [0, 0.1) is 0 Å². The molecule has 6 heteroatoms. The highest BCUT2D eigenvalue weighted by atomic mass is 16.5. The third kappa shape index (κ3) is 6.01. The molecular formula is C23H38N4O2. The Morgan fingerprint density at radius 3 is 2.72 bits per heavy atom. The molecule has 0 saturated carbocycles. The van der Waals surface area contributed by atoms with Gasteiger partial charge in [0.05, 0.1) is 13.2 Å². The molecule has 1 aromatic rings. The quantitative estimate of drug-likeness (QED) is 0.516. The van der Waals surface area contributed by atoms with Crippen LogP contribution in [0.5, 0.6) is 11.5 Å². The Bertz CT molecular complexity index is 684. The summed E-state index contributed by atoms with van der Waals surface area (Å²) in [4.78, 5) is 7.42. The molecule has 6 nitrogen and oxygen atoms in total. The minimum Gasteiger partial charge on any atom is -0.494 e. The van der Waals surface area contributed by atoms with Gasteiger partial charge in [0.25, 0.3) is 0 Å². The molecule has 29 heavy (non-hydrogen) atoms. The maximum absolute atomic E-state index is 5.95. The molecule has 2 N–H and O–H groups in total. The van der Waals surface area contributed by atoms with Crippen LogP contribution in [0.2, 0.25) is 0 Å². The zero-order chi connectivity index (χ0) is 20.6. The number of hydrogen-bond acceptors (Lipinski definition) is 4. The zero-order valence-electron chi connectivity index (χ0n) is 18.6. The molecule has 3 rings (SSSR count). The van der Waals surface area contributed by atoms with Crippen molar-refractivity contribution in [2.75, 3.05) is 32.8 Å². The standard InChI is InChI=1S/C23H38N4O2/c1-5-10-27-11-8-20(9-12-27)26-23(24-6-2)25-16-19-15-22-18(13-17(4)29-22)14-21(19)28-7-3/h14-15,17,20H,5-13,16H2,1-4H3,(H2,24,25,26). The smallest absolute Gasteiger partial charge is 0.191 e. The Balaban J connectivity index is 1.66. The number of likely N-dealkylation sites (tertiary alicyclic amines) is 1. The van der Waals surface area contributed by atoms with Crippen molar-refractivity contribution in [2.45, 2.75) is 72.1 Å². The number of piperidine rings is 1. The van der Waals surface area contributed by atoms with Gasteiger partial charge in [0.15, 0.2) is 5.96 Å². The van der Waals surface area contributed by atoms with Gasteiger partial charge in [-0.25, -0.2) is 4.99 Å². The summed E-state index contributed by atoms with van der Waals surface area (Å²) in [7, 11) is 0. The summed E-state index contributed by atoms with van der Waals surface area (Å²) in [5.41, 5.74) is 2.31. The third-order valence-electron chi connectivity index (χ3n) is 5.60. The second-order valence-electron chi connectivity index (χ2n) is 8.09. The minimum atomic E-state index is 0.232. The molecule has 0 bridgehead atoms. The number of aliphatic imine (C=N–C) groups is 1. The highest BCUT2D eigenvalue weighted by Gasteiger charge is 2.22. The lowest BCUT2D eigenvalue weighted by atomic mass is 10.1. The number of guanidine groups is 1. The van der Waals surface area contributed by atoms with E-state index in [1.807, 2.05) is 6.92 Å². The average molecular weight is 403 g/mol. The first-order valence-corrected chi connectivity index (χ1v) is 11.3. The van der Waals surface area contributed by atoms with Crippen LogP contribution < -0.4 is 20.1 Å². The van der Waals surface area contributed by atoms with Gasteiger partial charge >= 0.3 is 0 Å². The lowest BCUT2D eigenvalue weighted by Crippen LogP contribution is -2.48. The molecule has 1 unspecified atom stereocenters. The van der Waals surface area contributed by atoms with Gasteiger partial charge in [-0.3, -0.25) is 0 Å². The molecule has 0 amide bonds. The van der Waals surface area contributed by atoms with Crippen LogP contribution in [0.4, 0.5) is 0 Å². The fourth-order valence-corrected chi connectivity index (χ4v) is 4.19. The van der Waals surface area contributed by atoms with Crippen LogP contribution in [0.1, 0.15) is 58.1 Å². The lowest BCUT2D eigenvalue weighted by Gasteiger charge is -2.32. The lowest BCUT2D eigenvalue weighted by molar-refractivity contribution is 0.206. The summed E-state index contributed by atoms with van der Waals surface area (Å²) in [6.07, 6.45) is 4.74. The predicted octanol–water partition coefficient (Wildman–Crippen LogP) is 3.34. The molecule has 1 aromatic carbocycles. The Morgan fingerprint density at radius 2 is 2.03 bits per heavy atom. The molecule has 2 aliphatic rings. The fourth-order valence-electron chi connectivity index (χ4n) is 4.19. The van der Waals surface area contributed by atoms with Crippen molar-refractivity contribution in [3.63, 3.8) is 0 Å². The van der Waals surface area contributed by atoms with Crippen LogP contribution in [0.25, 0.3) is 0 Å². The first-order chi connectivity index (χ1) is 14.1. The largest absolute Gasteiger partial charge is 0.494 e. The maximum atomic E-state index is 5.95. The van der Waals surface area contributed by atoms with E-state index in [4.69, 9.17) is 14.5 Å². The van der Waals surface area contributed by atoms with Crippen LogP contribution in [-0.4, -0.2) is 55.8 Å². The van der Waals surface area contributed by atoms with Crippen LogP contribution >= 0.6 is 0 Å². The van der Waals surface area contributed by atoms with Gasteiger partial charge < -0.3 is 25.0 Å². The van der Waals surface area contributed by atoms with E-state index in [0.29, 0.717) is 19.2 Å². The first-order valence-electron chi connectivity index (χ1n) is 11.3. The SMILES string of the molecule is CCCN1CCC(NC(=NCc2cc3c(cc2OCC)CC(C)O3)NCC)CC1. The Kier molecular flexibility index (Phi) is 8.04. The second-order valence-corrected chi connectivity index (χ2v) is 8.09. The molecule has 1 fully saturated rings. The number of rotatable bonds is 8. The summed E-state index contributed by atoms with van der Waals surface area (Å²) in [5, 5.41) is 7.04. The molecule has 162 valence electrons. The highest BCUT2D eigenvalue weighted by molar-refractivity contribution is 5.80. The molecule has 2 heterocycles. The van der Waals surface area contributed by atoms with Crippen LogP contribution in [0.3, 0.4) is 0 Å². The van der Waals surface area contributed by atoms with E-state index in [9.17, 15) is 0 Å². The number of nitrogens with zero attached hydrogens (tertiary/aromatic N) is 2. The van der Waals surface area contributed by atoms with Gasteiger partial charge in [-0.1, -0.05) is 6.92 Å². The monoisotopic (exact) mass is 402 g/mol. The van der Waals surface area contributed by atoms with Gasteiger partial charge in [0.1, 0.15) is 17.6 Å². The summed E-state index contributed by atoms with van der Waals surface area (Å²) in [6.45, 7) is 14.1. The summed E-state index contributed by atoms with van der Waals surface area (Å²) in [6, 6.07) is 4.73. The van der Waals surface area contributed by atoms with E-state index in [0.717, 1.165) is 36.0 Å². The van der Waals surface area contributed by atoms with Crippen molar-refractivity contribution in [3.8, 4) is 11.5 Å². The number of nitrogens with one attached hydrogen (secondary N) is 2. The minimum absolute atomic E-state index is 0.232. The molecule has 1 saturated heterocycles. The number of ether oxygens (including phenoxy) is 2. The molecule has 2 aliphatic heterocycles. The van der Waals surface area contributed by atoms with Gasteiger partial charge in [-0.2, -0.15) is 0 Å². The normalized spacial score (nSPS) is 20.3. The predicted molar refractivity (Wildman–Crippen MR) is 119 cm³/mol. The van der Waals surface area contributed by atoms with E-state index in [2.05, 4.69) is 48.4 Å². The van der Waals surface area contributed by atoms with E-state index >= 15 is 0 Å². The van der Waals surface area contributed by atoms with Crippen molar-refractivity contribution < 1.29 is 9.47 Å². The van der Waals surface area contributed by atoms with E-state index in [-0.39, 0.29) is 6.10 Å². The summed E-state index contributed by atoms with van der Waals surface area (Å²) >= 11 is 0. The molecule has 1 atom stereocenters. The topological polar surface area (TPSA) is 58.1 Å². The zero-order valence-corrected chi connectivity index (χ0v) is 18.6. The molecule has 0 aromatic heterocycles. The maximum Gasteiger partial charge on any atom is 0.191 e. The highest BCUT2D eigenvalue weighted by Crippen LogP contribution is 2.35. The van der Waals surface area contributed by atoms with Crippen molar-refractivity contribution in [2.24, 2.45) is 4.99 Å². The van der Waals surface area contributed by atoms with E-state index in [1.54, 1.807) is 0 Å². The van der Waals surface area contributed by atoms with Gasteiger partial charge in [-0.05, 0) is 58.7 Å².